The molecule has 2 atom stereocenters. The van der Waals surface area contributed by atoms with E-state index in [-0.39, 0.29) is 5.91 Å². The lowest BCUT2D eigenvalue weighted by atomic mass is 10.0. The van der Waals surface area contributed by atoms with Crippen LogP contribution in [-0.4, -0.2) is 18.5 Å². The molecule has 2 N–H and O–H groups in total. The van der Waals surface area contributed by atoms with Gasteiger partial charge in [-0.15, -0.1) is 0 Å². The third-order valence-corrected chi connectivity index (χ3v) is 4.38. The number of carbonyl (C=O) groups excluding carboxylic acids is 1. The van der Waals surface area contributed by atoms with Crippen LogP contribution >= 0.6 is 0 Å². The molecule has 21 heavy (non-hydrogen) atoms. The van der Waals surface area contributed by atoms with Crippen molar-refractivity contribution in [1.82, 2.24) is 5.32 Å². The number of hydrogen-bond donors (Lipinski definition) is 2. The molecule has 3 nitrogen and oxygen atoms in total. The van der Waals surface area contributed by atoms with Crippen molar-refractivity contribution in [3.63, 3.8) is 0 Å². The maximum atomic E-state index is 12.6. The molecule has 2 rings (SSSR count). The molecule has 1 aromatic carbocycles. The second-order valence-electron chi connectivity index (χ2n) is 6.36. The molecule has 0 bridgehead atoms. The van der Waals surface area contributed by atoms with Crippen molar-refractivity contribution in [2.75, 3.05) is 11.9 Å². The van der Waals surface area contributed by atoms with Gasteiger partial charge >= 0.3 is 0 Å². The van der Waals surface area contributed by atoms with Gasteiger partial charge in [0.2, 0.25) is 0 Å². The fourth-order valence-electron chi connectivity index (χ4n) is 3.09. The summed E-state index contributed by atoms with van der Waals surface area (Å²) in [5, 5.41) is 6.53. The first-order valence-electron chi connectivity index (χ1n) is 8.25. The number of nitrogens with one attached hydrogen (secondary N) is 2. The fraction of sp³-hybridized carbons (Fsp3) is 0.611. The van der Waals surface area contributed by atoms with Gasteiger partial charge in [0.25, 0.3) is 5.91 Å². The first kappa shape index (κ1) is 15.9. The molecule has 2 unspecified atom stereocenters. The van der Waals surface area contributed by atoms with Crippen LogP contribution in [-0.2, 0) is 0 Å². The quantitative estimate of drug-likeness (QED) is 0.818. The second-order valence-corrected chi connectivity index (χ2v) is 6.36. The van der Waals surface area contributed by atoms with Crippen molar-refractivity contribution >= 4 is 11.6 Å². The van der Waals surface area contributed by atoms with Gasteiger partial charge in [0.05, 0.1) is 5.56 Å². The summed E-state index contributed by atoms with van der Waals surface area (Å²) in [6, 6.07) is 6.32. The molecule has 116 valence electrons. The molecular weight excluding hydrogens is 260 g/mol. The number of amides is 1. The normalized spacial score (nSPS) is 22.4. The molecule has 1 aromatic rings. The molecule has 1 aliphatic rings. The predicted octanol–water partition coefficient (Wildman–Crippen LogP) is 4.13. The van der Waals surface area contributed by atoms with Crippen LogP contribution in [0.25, 0.3) is 0 Å². The summed E-state index contributed by atoms with van der Waals surface area (Å²) in [6.07, 6.45) is 5.95. The van der Waals surface area contributed by atoms with Gasteiger partial charge in [-0.1, -0.05) is 25.8 Å². The van der Waals surface area contributed by atoms with Crippen LogP contribution in [0.1, 0.15) is 61.9 Å². The van der Waals surface area contributed by atoms with Crippen LogP contribution in [0.4, 0.5) is 5.69 Å². The highest BCUT2D eigenvalue weighted by atomic mass is 16.1. The van der Waals surface area contributed by atoms with Crippen molar-refractivity contribution in [3.8, 4) is 0 Å². The number of anilines is 1. The average molecular weight is 288 g/mol. The molecule has 0 saturated heterocycles. The van der Waals surface area contributed by atoms with Gasteiger partial charge in [-0.25, -0.2) is 0 Å². The monoisotopic (exact) mass is 288 g/mol. The third-order valence-electron chi connectivity index (χ3n) is 4.38. The SMILES string of the molecule is CCNc1cc(C)ccc1C(=O)NC1CCCC(C)CC1. The predicted molar refractivity (Wildman–Crippen MR) is 88.8 cm³/mol. The number of carbonyl (C=O) groups is 1. The van der Waals surface area contributed by atoms with Gasteiger partial charge in [-0.3, -0.25) is 4.79 Å². The summed E-state index contributed by atoms with van der Waals surface area (Å²) in [4.78, 5) is 12.6. The van der Waals surface area contributed by atoms with Crippen LogP contribution in [0.15, 0.2) is 18.2 Å². The number of benzene rings is 1. The van der Waals surface area contributed by atoms with E-state index in [0.29, 0.717) is 6.04 Å². The Kier molecular flexibility index (Phi) is 5.66. The summed E-state index contributed by atoms with van der Waals surface area (Å²) >= 11 is 0. The highest BCUT2D eigenvalue weighted by Gasteiger charge is 2.19. The summed E-state index contributed by atoms with van der Waals surface area (Å²) in [5.41, 5.74) is 2.88. The molecule has 0 spiro atoms. The zero-order chi connectivity index (χ0) is 15.2. The zero-order valence-corrected chi connectivity index (χ0v) is 13.5. The minimum absolute atomic E-state index is 0.0607. The lowest BCUT2D eigenvalue weighted by Crippen LogP contribution is -2.34. The van der Waals surface area contributed by atoms with Crippen LogP contribution in [0, 0.1) is 12.8 Å². The summed E-state index contributed by atoms with van der Waals surface area (Å²) < 4.78 is 0. The van der Waals surface area contributed by atoms with Crippen molar-refractivity contribution in [1.29, 1.82) is 0 Å². The van der Waals surface area contributed by atoms with Gasteiger partial charge in [-0.2, -0.15) is 0 Å². The Hall–Kier alpha value is -1.51. The molecule has 1 saturated carbocycles. The van der Waals surface area contributed by atoms with Crippen molar-refractivity contribution in [3.05, 3.63) is 29.3 Å². The molecule has 1 amide bonds. The van der Waals surface area contributed by atoms with Gasteiger partial charge in [0, 0.05) is 18.3 Å². The maximum Gasteiger partial charge on any atom is 0.253 e. The molecule has 0 aromatic heterocycles. The molecule has 1 fully saturated rings. The summed E-state index contributed by atoms with van der Waals surface area (Å²) in [7, 11) is 0. The standard InChI is InChI=1S/C18H28N2O/c1-4-19-17-12-14(3)9-11-16(17)18(21)20-15-7-5-6-13(2)8-10-15/h9,11-13,15,19H,4-8,10H2,1-3H3,(H,20,21). The lowest BCUT2D eigenvalue weighted by molar-refractivity contribution is 0.0934. The first-order chi connectivity index (χ1) is 10.1. The van der Waals surface area contributed by atoms with E-state index in [1.807, 2.05) is 18.2 Å². The smallest absolute Gasteiger partial charge is 0.253 e. The van der Waals surface area contributed by atoms with Gasteiger partial charge < -0.3 is 10.6 Å². The van der Waals surface area contributed by atoms with Gasteiger partial charge in [-0.05, 0) is 56.7 Å². The Morgan fingerprint density at radius 2 is 2.05 bits per heavy atom. The Labute approximate surface area is 128 Å². The van der Waals surface area contributed by atoms with Gasteiger partial charge in [0.1, 0.15) is 0 Å². The summed E-state index contributed by atoms with van der Waals surface area (Å²) in [6.45, 7) is 7.24. The average Bonchev–Trinajstić information content (AvgIpc) is 2.64. The van der Waals surface area contributed by atoms with Crippen LogP contribution in [0.3, 0.4) is 0 Å². The number of aryl methyl sites for hydroxylation is 1. The number of rotatable bonds is 4. The lowest BCUT2D eigenvalue weighted by Gasteiger charge is -2.18. The molecule has 1 aliphatic carbocycles. The van der Waals surface area contributed by atoms with Crippen LogP contribution in [0.2, 0.25) is 0 Å². The van der Waals surface area contributed by atoms with E-state index in [1.54, 1.807) is 0 Å². The van der Waals surface area contributed by atoms with E-state index in [2.05, 4.69) is 31.4 Å². The van der Waals surface area contributed by atoms with Crippen molar-refractivity contribution in [2.24, 2.45) is 5.92 Å². The Morgan fingerprint density at radius 3 is 2.81 bits per heavy atom. The Balaban J connectivity index is 2.05. The first-order valence-corrected chi connectivity index (χ1v) is 8.25. The van der Waals surface area contributed by atoms with E-state index in [1.165, 1.54) is 24.8 Å². The maximum absolute atomic E-state index is 12.6. The molecule has 0 aliphatic heterocycles. The van der Waals surface area contributed by atoms with E-state index >= 15 is 0 Å². The van der Waals surface area contributed by atoms with E-state index < -0.39 is 0 Å². The minimum Gasteiger partial charge on any atom is -0.385 e. The van der Waals surface area contributed by atoms with Crippen molar-refractivity contribution < 1.29 is 4.79 Å². The highest BCUT2D eigenvalue weighted by Crippen LogP contribution is 2.24. The molecular formula is C18H28N2O. The van der Waals surface area contributed by atoms with Crippen LogP contribution < -0.4 is 10.6 Å². The fourth-order valence-corrected chi connectivity index (χ4v) is 3.09. The third kappa shape index (κ3) is 4.48. The zero-order valence-electron chi connectivity index (χ0n) is 13.5. The molecule has 0 heterocycles. The van der Waals surface area contributed by atoms with E-state index in [4.69, 9.17) is 0 Å². The second kappa shape index (κ2) is 7.48. The topological polar surface area (TPSA) is 41.1 Å². The summed E-state index contributed by atoms with van der Waals surface area (Å²) in [5.74, 6) is 0.856. The van der Waals surface area contributed by atoms with Gasteiger partial charge in [0.15, 0.2) is 0 Å². The van der Waals surface area contributed by atoms with Crippen LogP contribution in [0.5, 0.6) is 0 Å². The molecule has 3 heteroatoms. The molecule has 0 radical (unpaired) electrons. The largest absolute Gasteiger partial charge is 0.385 e. The minimum atomic E-state index is 0.0607. The Morgan fingerprint density at radius 1 is 1.24 bits per heavy atom. The van der Waals surface area contributed by atoms with Crippen molar-refractivity contribution in [2.45, 2.75) is 58.9 Å². The van der Waals surface area contributed by atoms with E-state index in [0.717, 1.165) is 36.6 Å². The Bertz CT molecular complexity index is 484. The number of hydrogen-bond acceptors (Lipinski definition) is 2. The van der Waals surface area contributed by atoms with E-state index in [9.17, 15) is 4.79 Å². The highest BCUT2D eigenvalue weighted by molar-refractivity contribution is 5.99.